The van der Waals surface area contributed by atoms with Crippen molar-refractivity contribution < 1.29 is 9.59 Å². The third-order valence-corrected chi connectivity index (χ3v) is 3.38. The Morgan fingerprint density at radius 2 is 1.94 bits per heavy atom. The first-order valence-electron chi connectivity index (χ1n) is 6.04. The number of hydrogen-bond donors (Lipinski definition) is 0. The van der Waals surface area contributed by atoms with Gasteiger partial charge in [-0.3, -0.25) is 9.59 Å². The van der Waals surface area contributed by atoms with Crippen LogP contribution in [0.25, 0.3) is 0 Å². The summed E-state index contributed by atoms with van der Waals surface area (Å²) in [6, 6.07) is 9.37. The number of amides is 2. The van der Waals surface area contributed by atoms with Gasteiger partial charge in [0.05, 0.1) is 0 Å². The van der Waals surface area contributed by atoms with Gasteiger partial charge in [-0.25, -0.2) is 0 Å². The normalized spacial score (nSPS) is 22.6. The van der Waals surface area contributed by atoms with Crippen LogP contribution in [-0.4, -0.2) is 40.7 Å². The van der Waals surface area contributed by atoms with E-state index < -0.39 is 0 Å². The second-order valence-electron chi connectivity index (χ2n) is 4.60. The number of benzene rings is 1. The van der Waals surface area contributed by atoms with Crippen molar-refractivity contribution >= 4 is 11.8 Å². The van der Waals surface area contributed by atoms with Gasteiger partial charge in [0.15, 0.2) is 0 Å². The van der Waals surface area contributed by atoms with Gasteiger partial charge < -0.3 is 9.80 Å². The second kappa shape index (κ2) is 4.29. The highest BCUT2D eigenvalue weighted by Crippen LogP contribution is 2.20. The largest absolute Gasteiger partial charge is 0.327 e. The number of rotatable bonds is 2. The average Bonchev–Trinajstić information content (AvgIpc) is 2.87. The van der Waals surface area contributed by atoms with E-state index in [4.69, 9.17) is 0 Å². The molecule has 0 spiro atoms. The molecule has 0 radical (unpaired) electrons. The zero-order valence-electron chi connectivity index (χ0n) is 9.95. The summed E-state index contributed by atoms with van der Waals surface area (Å²) in [6.07, 6.45) is 3.70. The van der Waals surface area contributed by atoms with Gasteiger partial charge in [-0.15, -0.1) is 0 Å². The molecule has 0 aromatic heterocycles. The second-order valence-corrected chi connectivity index (χ2v) is 4.60. The zero-order chi connectivity index (χ0) is 12.5. The smallest absolute Gasteiger partial charge is 0.250 e. The first kappa shape index (κ1) is 11.0. The standard InChI is InChI=1S/C14H14N2O2/c17-13-10-15(9-11-5-2-1-3-6-11)14(18)12-7-4-8-16(12)13/h1-7,12H,8-10H2. The average molecular weight is 242 g/mol. The van der Waals surface area contributed by atoms with Crippen molar-refractivity contribution in [2.24, 2.45) is 0 Å². The molecule has 2 aliphatic rings. The van der Waals surface area contributed by atoms with Crippen LogP contribution in [0, 0.1) is 0 Å². The van der Waals surface area contributed by atoms with Gasteiger partial charge in [-0.1, -0.05) is 42.5 Å². The molecule has 1 aromatic carbocycles. The quantitative estimate of drug-likeness (QED) is 0.720. The Hall–Kier alpha value is -2.10. The van der Waals surface area contributed by atoms with Crippen molar-refractivity contribution in [1.29, 1.82) is 0 Å². The molecule has 1 unspecified atom stereocenters. The van der Waals surface area contributed by atoms with E-state index in [1.54, 1.807) is 9.80 Å². The summed E-state index contributed by atoms with van der Waals surface area (Å²) < 4.78 is 0. The molecule has 0 saturated carbocycles. The highest BCUT2D eigenvalue weighted by molar-refractivity contribution is 5.96. The Kier molecular flexibility index (Phi) is 2.63. The molecule has 1 atom stereocenters. The Morgan fingerprint density at radius 1 is 1.17 bits per heavy atom. The van der Waals surface area contributed by atoms with Gasteiger partial charge in [0.25, 0.3) is 0 Å². The van der Waals surface area contributed by atoms with Crippen molar-refractivity contribution in [1.82, 2.24) is 9.80 Å². The van der Waals surface area contributed by atoms with E-state index in [1.165, 1.54) is 0 Å². The first-order valence-corrected chi connectivity index (χ1v) is 6.04. The summed E-state index contributed by atoms with van der Waals surface area (Å²) in [4.78, 5) is 27.4. The van der Waals surface area contributed by atoms with Gasteiger partial charge in [0.2, 0.25) is 11.8 Å². The summed E-state index contributed by atoms with van der Waals surface area (Å²) in [5, 5.41) is 0. The van der Waals surface area contributed by atoms with Gasteiger partial charge in [-0.05, 0) is 5.56 Å². The van der Waals surface area contributed by atoms with E-state index in [0.29, 0.717) is 13.1 Å². The van der Waals surface area contributed by atoms with E-state index in [2.05, 4.69) is 0 Å². The zero-order valence-corrected chi connectivity index (χ0v) is 9.95. The molecular formula is C14H14N2O2. The molecule has 2 amide bonds. The lowest BCUT2D eigenvalue weighted by Crippen LogP contribution is -2.57. The fourth-order valence-electron chi connectivity index (χ4n) is 2.45. The van der Waals surface area contributed by atoms with Crippen molar-refractivity contribution in [3.05, 3.63) is 48.0 Å². The fourth-order valence-corrected chi connectivity index (χ4v) is 2.45. The monoisotopic (exact) mass is 242 g/mol. The molecule has 1 aromatic rings. The van der Waals surface area contributed by atoms with E-state index >= 15 is 0 Å². The Bertz CT molecular complexity index is 510. The lowest BCUT2D eigenvalue weighted by Gasteiger charge is -2.36. The number of hydrogen-bond acceptors (Lipinski definition) is 2. The summed E-state index contributed by atoms with van der Waals surface area (Å²) in [5.74, 6) is 0.0488. The molecule has 0 N–H and O–H groups in total. The van der Waals surface area contributed by atoms with Crippen molar-refractivity contribution in [3.63, 3.8) is 0 Å². The minimum Gasteiger partial charge on any atom is -0.327 e. The van der Waals surface area contributed by atoms with Crippen molar-refractivity contribution in [2.75, 3.05) is 13.1 Å². The molecule has 4 nitrogen and oxygen atoms in total. The van der Waals surface area contributed by atoms with Crippen LogP contribution in [0.4, 0.5) is 0 Å². The molecule has 2 aliphatic heterocycles. The van der Waals surface area contributed by atoms with Crippen molar-refractivity contribution in [2.45, 2.75) is 12.6 Å². The molecule has 3 rings (SSSR count). The van der Waals surface area contributed by atoms with Crippen LogP contribution >= 0.6 is 0 Å². The number of carbonyl (C=O) groups is 2. The Labute approximate surface area is 105 Å². The number of piperazine rings is 1. The van der Waals surface area contributed by atoms with E-state index in [-0.39, 0.29) is 24.4 Å². The number of fused-ring (bicyclic) bond motifs is 1. The van der Waals surface area contributed by atoms with E-state index in [9.17, 15) is 9.59 Å². The van der Waals surface area contributed by atoms with Crippen LogP contribution in [-0.2, 0) is 16.1 Å². The van der Waals surface area contributed by atoms with Crippen molar-refractivity contribution in [3.8, 4) is 0 Å². The lowest BCUT2D eigenvalue weighted by atomic mass is 10.1. The molecule has 2 heterocycles. The number of nitrogens with zero attached hydrogens (tertiary/aromatic N) is 2. The van der Waals surface area contributed by atoms with Gasteiger partial charge in [0.1, 0.15) is 12.6 Å². The van der Waals surface area contributed by atoms with Crippen LogP contribution in [0.15, 0.2) is 42.5 Å². The maximum absolute atomic E-state index is 12.2. The predicted octanol–water partition coefficient (Wildman–Crippen LogP) is 0.796. The molecule has 18 heavy (non-hydrogen) atoms. The third-order valence-electron chi connectivity index (χ3n) is 3.38. The maximum atomic E-state index is 12.2. The fraction of sp³-hybridized carbons (Fsp3) is 0.286. The maximum Gasteiger partial charge on any atom is 0.250 e. The topological polar surface area (TPSA) is 40.6 Å². The molecule has 1 saturated heterocycles. The summed E-state index contributed by atoms with van der Waals surface area (Å²) >= 11 is 0. The molecular weight excluding hydrogens is 228 g/mol. The lowest BCUT2D eigenvalue weighted by molar-refractivity contribution is -0.152. The third kappa shape index (κ3) is 1.79. The predicted molar refractivity (Wildman–Crippen MR) is 66.5 cm³/mol. The summed E-state index contributed by atoms with van der Waals surface area (Å²) in [7, 11) is 0. The minimum absolute atomic E-state index is 0.0206. The first-order chi connectivity index (χ1) is 8.75. The molecule has 0 aliphatic carbocycles. The molecule has 4 heteroatoms. The van der Waals surface area contributed by atoms with Crippen LogP contribution in [0.5, 0.6) is 0 Å². The Morgan fingerprint density at radius 3 is 2.72 bits per heavy atom. The van der Waals surface area contributed by atoms with Crippen LogP contribution in [0.2, 0.25) is 0 Å². The highest BCUT2D eigenvalue weighted by atomic mass is 16.2. The molecule has 92 valence electrons. The van der Waals surface area contributed by atoms with Crippen LogP contribution in [0.1, 0.15) is 5.56 Å². The molecule has 1 fully saturated rings. The van der Waals surface area contributed by atoms with E-state index in [0.717, 1.165) is 5.56 Å². The van der Waals surface area contributed by atoms with Crippen LogP contribution < -0.4 is 0 Å². The number of carbonyl (C=O) groups excluding carboxylic acids is 2. The summed E-state index contributed by atoms with van der Waals surface area (Å²) in [6.45, 7) is 1.25. The molecule has 0 bridgehead atoms. The van der Waals surface area contributed by atoms with Gasteiger partial charge in [-0.2, -0.15) is 0 Å². The SMILES string of the molecule is O=C1C2C=CCN2C(=O)CN1Cc1ccccc1. The van der Waals surface area contributed by atoms with Gasteiger partial charge >= 0.3 is 0 Å². The van der Waals surface area contributed by atoms with Gasteiger partial charge in [0, 0.05) is 13.1 Å². The highest BCUT2D eigenvalue weighted by Gasteiger charge is 2.39. The summed E-state index contributed by atoms with van der Waals surface area (Å²) in [5.41, 5.74) is 1.05. The van der Waals surface area contributed by atoms with E-state index in [1.807, 2.05) is 42.5 Å². The van der Waals surface area contributed by atoms with Crippen LogP contribution in [0.3, 0.4) is 0 Å². The Balaban J connectivity index is 1.79. The minimum atomic E-state index is -0.380.